The number of methoxy groups -OCH3 is 1. The van der Waals surface area contributed by atoms with Crippen LogP contribution in [0.1, 0.15) is 31.9 Å². The van der Waals surface area contributed by atoms with E-state index in [0.29, 0.717) is 5.75 Å². The van der Waals surface area contributed by atoms with Gasteiger partial charge in [-0.15, -0.1) is 0 Å². The maximum Gasteiger partial charge on any atom is 0.277 e. The topological polar surface area (TPSA) is 59.9 Å². The summed E-state index contributed by atoms with van der Waals surface area (Å²) in [5.74, 6) is 1.01. The molecule has 138 valence electrons. The van der Waals surface area contributed by atoms with Gasteiger partial charge in [0.05, 0.1) is 17.8 Å². The highest BCUT2D eigenvalue weighted by atomic mass is 79.9. The number of nitrogens with one attached hydrogen (secondary N) is 1. The first kappa shape index (κ1) is 20.0. The van der Waals surface area contributed by atoms with E-state index in [-0.39, 0.29) is 17.9 Å². The number of halogens is 1. The number of hydrogen-bond acceptors (Lipinski definition) is 4. The van der Waals surface area contributed by atoms with E-state index in [4.69, 9.17) is 9.47 Å². The molecule has 0 heterocycles. The smallest absolute Gasteiger partial charge is 0.277 e. The predicted molar refractivity (Wildman–Crippen MR) is 107 cm³/mol. The molecule has 0 fully saturated rings. The van der Waals surface area contributed by atoms with Crippen LogP contribution in [0.4, 0.5) is 0 Å². The highest BCUT2D eigenvalue weighted by Crippen LogP contribution is 2.31. The number of benzene rings is 2. The van der Waals surface area contributed by atoms with Crippen LogP contribution in [-0.2, 0) is 10.2 Å². The number of carbonyl (C=O) groups excluding carboxylic acids is 1. The summed E-state index contributed by atoms with van der Waals surface area (Å²) < 4.78 is 11.5. The van der Waals surface area contributed by atoms with Gasteiger partial charge in [-0.3, -0.25) is 4.79 Å². The first-order valence-electron chi connectivity index (χ1n) is 8.18. The number of hydrogen-bond donors (Lipinski definition) is 1. The zero-order valence-electron chi connectivity index (χ0n) is 15.4. The second kappa shape index (κ2) is 8.85. The molecule has 0 bridgehead atoms. The van der Waals surface area contributed by atoms with Crippen molar-refractivity contribution in [2.45, 2.75) is 26.2 Å². The third kappa shape index (κ3) is 5.88. The number of carbonyl (C=O) groups is 1. The molecule has 0 radical (unpaired) electrons. The van der Waals surface area contributed by atoms with E-state index in [2.05, 4.69) is 47.2 Å². The van der Waals surface area contributed by atoms with E-state index in [1.165, 1.54) is 5.56 Å². The molecule has 1 N–H and O–H groups in total. The van der Waals surface area contributed by atoms with E-state index in [9.17, 15) is 4.79 Å². The molecule has 2 aromatic rings. The molecule has 0 aliphatic heterocycles. The molecule has 2 aromatic carbocycles. The van der Waals surface area contributed by atoms with Crippen LogP contribution in [0.3, 0.4) is 0 Å². The average molecular weight is 419 g/mol. The fourth-order valence-corrected chi connectivity index (χ4v) is 2.65. The minimum atomic E-state index is -0.337. The van der Waals surface area contributed by atoms with E-state index in [0.717, 1.165) is 15.8 Å². The second-order valence-electron chi connectivity index (χ2n) is 6.75. The summed E-state index contributed by atoms with van der Waals surface area (Å²) in [5.41, 5.74) is 4.50. The molecule has 2 rings (SSSR count). The summed E-state index contributed by atoms with van der Waals surface area (Å²) in [5, 5.41) is 3.93. The first-order chi connectivity index (χ1) is 12.3. The Morgan fingerprint density at radius 2 is 2.00 bits per heavy atom. The molecule has 6 heteroatoms. The summed E-state index contributed by atoms with van der Waals surface area (Å²) >= 11 is 3.49. The monoisotopic (exact) mass is 418 g/mol. The molecule has 0 saturated heterocycles. The van der Waals surface area contributed by atoms with E-state index >= 15 is 0 Å². The van der Waals surface area contributed by atoms with Gasteiger partial charge in [0.1, 0.15) is 11.5 Å². The first-order valence-corrected chi connectivity index (χ1v) is 8.97. The van der Waals surface area contributed by atoms with Crippen molar-refractivity contribution in [2.75, 3.05) is 13.7 Å². The Hall–Kier alpha value is -2.34. The molecular weight excluding hydrogens is 396 g/mol. The quantitative estimate of drug-likeness (QED) is 0.562. The van der Waals surface area contributed by atoms with Gasteiger partial charge in [0, 0.05) is 0 Å². The van der Waals surface area contributed by atoms with Gasteiger partial charge in [0.2, 0.25) is 0 Å². The lowest BCUT2D eigenvalue weighted by Gasteiger charge is -2.20. The van der Waals surface area contributed by atoms with Crippen molar-refractivity contribution in [1.82, 2.24) is 5.43 Å². The van der Waals surface area contributed by atoms with Gasteiger partial charge in [-0.25, -0.2) is 5.43 Å². The van der Waals surface area contributed by atoms with Crippen molar-refractivity contribution in [3.63, 3.8) is 0 Å². The lowest BCUT2D eigenvalue weighted by molar-refractivity contribution is -0.123. The zero-order chi connectivity index (χ0) is 19.2. The minimum absolute atomic E-state index is 0.0489. The van der Waals surface area contributed by atoms with Crippen LogP contribution in [0.5, 0.6) is 11.5 Å². The number of ether oxygens (including phenoxy) is 2. The number of rotatable bonds is 6. The highest BCUT2D eigenvalue weighted by molar-refractivity contribution is 9.10. The van der Waals surface area contributed by atoms with Gasteiger partial charge < -0.3 is 9.47 Å². The Labute approximate surface area is 162 Å². The molecule has 5 nitrogen and oxygen atoms in total. The summed E-state index contributed by atoms with van der Waals surface area (Å²) in [6, 6.07) is 13.2. The molecule has 0 unspecified atom stereocenters. The summed E-state index contributed by atoms with van der Waals surface area (Å²) in [6.07, 6.45) is 1.55. The predicted octanol–water partition coefficient (Wildman–Crippen LogP) is 4.28. The molecule has 1 amide bonds. The van der Waals surface area contributed by atoms with Crippen LogP contribution in [-0.4, -0.2) is 25.8 Å². The molecule has 0 saturated carbocycles. The summed E-state index contributed by atoms with van der Waals surface area (Å²) in [4.78, 5) is 11.9. The maximum atomic E-state index is 11.9. The largest absolute Gasteiger partial charge is 0.497 e. The van der Waals surface area contributed by atoms with Gasteiger partial charge >= 0.3 is 0 Å². The normalized spacial score (nSPS) is 11.4. The summed E-state index contributed by atoms with van der Waals surface area (Å²) in [7, 11) is 1.60. The van der Waals surface area contributed by atoms with Gasteiger partial charge in [-0.2, -0.15) is 5.10 Å². The van der Waals surface area contributed by atoms with Crippen LogP contribution in [0.2, 0.25) is 0 Å². The fourth-order valence-electron chi connectivity index (χ4n) is 2.16. The maximum absolute atomic E-state index is 11.9. The highest BCUT2D eigenvalue weighted by Gasteiger charge is 2.15. The van der Waals surface area contributed by atoms with Crippen LogP contribution >= 0.6 is 15.9 Å². The Kier molecular flexibility index (Phi) is 6.80. The van der Waals surface area contributed by atoms with E-state index in [1.54, 1.807) is 13.3 Å². The van der Waals surface area contributed by atoms with E-state index < -0.39 is 0 Å². The van der Waals surface area contributed by atoms with Crippen molar-refractivity contribution in [3.05, 3.63) is 58.1 Å². The molecule has 0 aromatic heterocycles. The lowest BCUT2D eigenvalue weighted by atomic mass is 9.87. The van der Waals surface area contributed by atoms with Gasteiger partial charge in [0.25, 0.3) is 5.91 Å². The molecule has 0 aliphatic rings. The van der Waals surface area contributed by atoms with Gasteiger partial charge in [-0.05, 0) is 56.7 Å². The van der Waals surface area contributed by atoms with Crippen molar-refractivity contribution in [3.8, 4) is 11.5 Å². The number of amides is 1. The molecule has 26 heavy (non-hydrogen) atoms. The van der Waals surface area contributed by atoms with Crippen molar-refractivity contribution >= 4 is 28.1 Å². The lowest BCUT2D eigenvalue weighted by Crippen LogP contribution is -2.24. The molecular formula is C20H23BrN2O3. The van der Waals surface area contributed by atoms with Crippen LogP contribution in [0.25, 0.3) is 0 Å². The van der Waals surface area contributed by atoms with Crippen molar-refractivity contribution in [1.29, 1.82) is 0 Å². The SMILES string of the molecule is COc1cccc(C=NNC(=O)COc2ccc(C(C)(C)C)cc2Br)c1. The van der Waals surface area contributed by atoms with Gasteiger partial charge in [-0.1, -0.05) is 39.0 Å². The van der Waals surface area contributed by atoms with Crippen molar-refractivity contribution < 1.29 is 14.3 Å². The Bertz CT molecular complexity index is 798. The Morgan fingerprint density at radius 3 is 2.65 bits per heavy atom. The van der Waals surface area contributed by atoms with Crippen LogP contribution < -0.4 is 14.9 Å². The van der Waals surface area contributed by atoms with Crippen molar-refractivity contribution in [2.24, 2.45) is 5.10 Å². The summed E-state index contributed by atoms with van der Waals surface area (Å²) in [6.45, 7) is 6.30. The zero-order valence-corrected chi connectivity index (χ0v) is 17.0. The van der Waals surface area contributed by atoms with Crippen LogP contribution in [0, 0.1) is 0 Å². The molecule has 0 aliphatic carbocycles. The third-order valence-corrected chi connectivity index (χ3v) is 4.27. The number of nitrogens with zero attached hydrogens (tertiary/aromatic N) is 1. The van der Waals surface area contributed by atoms with E-state index in [1.807, 2.05) is 42.5 Å². The molecule has 0 atom stereocenters. The third-order valence-electron chi connectivity index (χ3n) is 3.65. The Balaban J connectivity index is 1.88. The Morgan fingerprint density at radius 1 is 1.23 bits per heavy atom. The standard InChI is InChI=1S/C20H23BrN2O3/c1-20(2,3)15-8-9-18(17(21)11-15)26-13-19(24)23-22-12-14-6-5-7-16(10-14)25-4/h5-12H,13H2,1-4H3,(H,23,24). The van der Waals surface area contributed by atoms with Gasteiger partial charge in [0.15, 0.2) is 6.61 Å². The molecule has 0 spiro atoms. The fraction of sp³-hybridized carbons (Fsp3) is 0.300. The average Bonchev–Trinajstić information content (AvgIpc) is 2.60. The number of hydrazone groups is 1. The van der Waals surface area contributed by atoms with Crippen LogP contribution in [0.15, 0.2) is 52.0 Å². The second-order valence-corrected chi connectivity index (χ2v) is 7.61. The minimum Gasteiger partial charge on any atom is -0.497 e.